The lowest BCUT2D eigenvalue weighted by molar-refractivity contribution is 0.219. The molecule has 2 rings (SSSR count). The third kappa shape index (κ3) is 3.29. The molecule has 1 N–H and O–H groups in total. The van der Waals surface area contributed by atoms with Crippen molar-refractivity contribution in [3.8, 4) is 0 Å². The van der Waals surface area contributed by atoms with E-state index >= 15 is 0 Å². The van der Waals surface area contributed by atoms with Crippen molar-refractivity contribution in [2.24, 2.45) is 5.41 Å². The predicted molar refractivity (Wildman–Crippen MR) is 74.5 cm³/mol. The number of nitrogens with one attached hydrogen (secondary N) is 1. The minimum Gasteiger partial charge on any atom is -0.313 e. The molecule has 1 atom stereocenters. The zero-order valence-corrected chi connectivity index (χ0v) is 11.9. The van der Waals surface area contributed by atoms with Gasteiger partial charge < -0.3 is 5.32 Å². The molecule has 1 aliphatic carbocycles. The first kappa shape index (κ1) is 13.0. The molecular weight excluding hydrogens is 228 g/mol. The van der Waals surface area contributed by atoms with Gasteiger partial charge in [-0.05, 0) is 31.2 Å². The summed E-state index contributed by atoms with van der Waals surface area (Å²) in [5, 5.41) is 7.13. The molecule has 1 fully saturated rings. The number of rotatable bonds is 6. The van der Waals surface area contributed by atoms with Crippen LogP contribution >= 0.6 is 11.3 Å². The molecule has 0 aromatic carbocycles. The third-order valence-corrected chi connectivity index (χ3v) is 4.89. The Morgan fingerprint density at radius 1 is 1.47 bits per heavy atom. The second kappa shape index (κ2) is 5.96. The molecule has 0 amide bonds. The SMILES string of the molecule is CCCNC(Cc1nccs1)C1(C)CCCC1. The van der Waals surface area contributed by atoms with Crippen molar-refractivity contribution in [1.82, 2.24) is 10.3 Å². The topological polar surface area (TPSA) is 24.9 Å². The van der Waals surface area contributed by atoms with Crippen LogP contribution in [-0.2, 0) is 6.42 Å². The highest BCUT2D eigenvalue weighted by Crippen LogP contribution is 2.41. The van der Waals surface area contributed by atoms with E-state index in [1.54, 1.807) is 11.3 Å². The lowest BCUT2D eigenvalue weighted by atomic mass is 9.79. The zero-order chi connectivity index (χ0) is 12.1. The summed E-state index contributed by atoms with van der Waals surface area (Å²) >= 11 is 1.79. The number of hydrogen-bond acceptors (Lipinski definition) is 3. The van der Waals surface area contributed by atoms with E-state index in [4.69, 9.17) is 0 Å². The Kier molecular flexibility index (Phi) is 4.57. The van der Waals surface area contributed by atoms with Crippen molar-refractivity contribution in [3.05, 3.63) is 16.6 Å². The van der Waals surface area contributed by atoms with Gasteiger partial charge in [0.05, 0.1) is 5.01 Å². The van der Waals surface area contributed by atoms with E-state index in [9.17, 15) is 0 Å². The van der Waals surface area contributed by atoms with Gasteiger partial charge in [0.25, 0.3) is 0 Å². The molecule has 1 heterocycles. The summed E-state index contributed by atoms with van der Waals surface area (Å²) in [6.07, 6.45) is 9.79. The van der Waals surface area contributed by atoms with Crippen LogP contribution in [0, 0.1) is 5.41 Å². The molecular formula is C14H24N2S. The van der Waals surface area contributed by atoms with Gasteiger partial charge in [0.1, 0.15) is 0 Å². The Balaban J connectivity index is 2.02. The number of nitrogens with zero attached hydrogens (tertiary/aromatic N) is 1. The summed E-state index contributed by atoms with van der Waals surface area (Å²) in [6, 6.07) is 0.608. The van der Waals surface area contributed by atoms with E-state index in [1.807, 2.05) is 6.20 Å². The van der Waals surface area contributed by atoms with E-state index in [0.29, 0.717) is 11.5 Å². The van der Waals surface area contributed by atoms with Crippen LogP contribution in [0.3, 0.4) is 0 Å². The smallest absolute Gasteiger partial charge is 0.0940 e. The lowest BCUT2D eigenvalue weighted by Crippen LogP contribution is -2.44. The van der Waals surface area contributed by atoms with Crippen LogP contribution < -0.4 is 5.32 Å². The van der Waals surface area contributed by atoms with Gasteiger partial charge in [-0.25, -0.2) is 4.98 Å². The normalized spacial score (nSPS) is 20.6. The maximum atomic E-state index is 4.45. The fourth-order valence-electron chi connectivity index (χ4n) is 2.94. The summed E-state index contributed by atoms with van der Waals surface area (Å²) < 4.78 is 0. The van der Waals surface area contributed by atoms with E-state index in [2.05, 4.69) is 29.5 Å². The average Bonchev–Trinajstić information content (AvgIpc) is 2.96. The Labute approximate surface area is 109 Å². The lowest BCUT2D eigenvalue weighted by Gasteiger charge is -2.34. The Morgan fingerprint density at radius 3 is 2.82 bits per heavy atom. The van der Waals surface area contributed by atoms with Crippen LogP contribution in [0.2, 0.25) is 0 Å². The molecule has 2 nitrogen and oxygen atoms in total. The van der Waals surface area contributed by atoms with E-state index in [0.717, 1.165) is 13.0 Å². The average molecular weight is 252 g/mol. The van der Waals surface area contributed by atoms with E-state index in [-0.39, 0.29) is 0 Å². The van der Waals surface area contributed by atoms with Crippen molar-refractivity contribution in [2.45, 2.75) is 58.4 Å². The standard InChI is InChI=1S/C14H24N2S/c1-3-8-15-12(11-13-16-9-10-17-13)14(2)6-4-5-7-14/h9-10,12,15H,3-8,11H2,1-2H3. The van der Waals surface area contributed by atoms with Crippen LogP contribution in [0.1, 0.15) is 51.0 Å². The van der Waals surface area contributed by atoms with E-state index < -0.39 is 0 Å². The van der Waals surface area contributed by atoms with Crippen LogP contribution in [-0.4, -0.2) is 17.6 Å². The van der Waals surface area contributed by atoms with Gasteiger partial charge in [0.15, 0.2) is 0 Å². The summed E-state index contributed by atoms with van der Waals surface area (Å²) in [6.45, 7) is 5.83. The van der Waals surface area contributed by atoms with Gasteiger partial charge in [-0.15, -0.1) is 11.3 Å². The number of hydrogen-bond donors (Lipinski definition) is 1. The van der Waals surface area contributed by atoms with Crippen molar-refractivity contribution in [1.29, 1.82) is 0 Å². The van der Waals surface area contributed by atoms with Gasteiger partial charge in [0.2, 0.25) is 0 Å². The highest BCUT2D eigenvalue weighted by atomic mass is 32.1. The largest absolute Gasteiger partial charge is 0.313 e. The summed E-state index contributed by atoms with van der Waals surface area (Å²) in [4.78, 5) is 4.45. The molecule has 1 aromatic rings. The van der Waals surface area contributed by atoms with Gasteiger partial charge in [-0.2, -0.15) is 0 Å². The Morgan fingerprint density at radius 2 is 2.24 bits per heavy atom. The van der Waals surface area contributed by atoms with Gasteiger partial charge in [-0.1, -0.05) is 26.7 Å². The maximum absolute atomic E-state index is 4.45. The van der Waals surface area contributed by atoms with Crippen molar-refractivity contribution >= 4 is 11.3 Å². The van der Waals surface area contributed by atoms with E-state index in [1.165, 1.54) is 37.1 Å². The predicted octanol–water partition coefficient (Wildman–Crippen LogP) is 3.63. The molecule has 0 bridgehead atoms. The highest BCUT2D eigenvalue weighted by Gasteiger charge is 2.36. The fourth-order valence-corrected chi connectivity index (χ4v) is 3.61. The summed E-state index contributed by atoms with van der Waals surface area (Å²) in [7, 11) is 0. The molecule has 0 spiro atoms. The second-order valence-corrected chi connectivity index (χ2v) is 6.48. The first-order valence-corrected chi connectivity index (χ1v) is 7.74. The molecule has 3 heteroatoms. The number of aromatic nitrogens is 1. The zero-order valence-electron chi connectivity index (χ0n) is 11.0. The molecule has 0 saturated heterocycles. The first-order chi connectivity index (χ1) is 8.24. The number of thiazole rings is 1. The minimum atomic E-state index is 0.487. The van der Waals surface area contributed by atoms with Gasteiger partial charge in [0, 0.05) is 24.0 Å². The van der Waals surface area contributed by atoms with Crippen LogP contribution in [0.4, 0.5) is 0 Å². The monoisotopic (exact) mass is 252 g/mol. The Bertz CT molecular complexity index is 315. The first-order valence-electron chi connectivity index (χ1n) is 6.86. The van der Waals surface area contributed by atoms with Crippen LogP contribution in [0.5, 0.6) is 0 Å². The Hall–Kier alpha value is -0.410. The molecule has 1 unspecified atom stereocenters. The third-order valence-electron chi connectivity index (χ3n) is 4.09. The minimum absolute atomic E-state index is 0.487. The van der Waals surface area contributed by atoms with Crippen molar-refractivity contribution in [2.75, 3.05) is 6.54 Å². The molecule has 1 aliphatic rings. The van der Waals surface area contributed by atoms with Crippen molar-refractivity contribution < 1.29 is 0 Å². The molecule has 17 heavy (non-hydrogen) atoms. The van der Waals surface area contributed by atoms with Crippen LogP contribution in [0.15, 0.2) is 11.6 Å². The highest BCUT2D eigenvalue weighted by molar-refractivity contribution is 7.09. The molecule has 0 radical (unpaired) electrons. The van der Waals surface area contributed by atoms with Gasteiger partial charge >= 0.3 is 0 Å². The summed E-state index contributed by atoms with van der Waals surface area (Å²) in [5.41, 5.74) is 0.487. The maximum Gasteiger partial charge on any atom is 0.0940 e. The quantitative estimate of drug-likeness (QED) is 0.836. The van der Waals surface area contributed by atoms with Gasteiger partial charge in [-0.3, -0.25) is 0 Å². The van der Waals surface area contributed by atoms with Crippen LogP contribution in [0.25, 0.3) is 0 Å². The molecule has 0 aliphatic heterocycles. The molecule has 96 valence electrons. The van der Waals surface area contributed by atoms with Crippen molar-refractivity contribution in [3.63, 3.8) is 0 Å². The fraction of sp³-hybridized carbons (Fsp3) is 0.786. The summed E-state index contributed by atoms with van der Waals surface area (Å²) in [5.74, 6) is 0. The molecule has 1 saturated carbocycles. The second-order valence-electron chi connectivity index (χ2n) is 5.50. The molecule has 1 aromatic heterocycles.